The molecule has 25 heavy (non-hydrogen) atoms. The molecule has 7 heteroatoms. The van der Waals surface area contributed by atoms with E-state index < -0.39 is 0 Å². The molecule has 0 aliphatic carbocycles. The topological polar surface area (TPSA) is 79.3 Å². The third-order valence-corrected chi connectivity index (χ3v) is 4.17. The molecule has 2 rings (SSSR count). The summed E-state index contributed by atoms with van der Waals surface area (Å²) in [5, 5.41) is 9.59. The highest BCUT2D eigenvalue weighted by atomic mass is 16.2. The molecular weight excluding hydrogens is 318 g/mol. The van der Waals surface area contributed by atoms with Crippen LogP contribution in [0.2, 0.25) is 0 Å². The van der Waals surface area contributed by atoms with E-state index in [9.17, 15) is 9.59 Å². The lowest BCUT2D eigenvalue weighted by Gasteiger charge is -2.22. The fourth-order valence-electron chi connectivity index (χ4n) is 2.28. The number of aromatic nitrogens is 2. The van der Waals surface area contributed by atoms with Gasteiger partial charge >= 0.3 is 6.03 Å². The molecule has 7 nitrogen and oxygen atoms in total. The lowest BCUT2D eigenvalue weighted by atomic mass is 10.1. The second-order valence-corrected chi connectivity index (χ2v) is 6.29. The SMILES string of the molecule is Cc1ccc(NC(=O)NCc2ccnn2C)cc1C(=O)N(C)C(C)C. The monoisotopic (exact) mass is 343 g/mol. The second kappa shape index (κ2) is 7.83. The van der Waals surface area contributed by atoms with Gasteiger partial charge in [0.05, 0.1) is 12.2 Å². The summed E-state index contributed by atoms with van der Waals surface area (Å²) in [4.78, 5) is 26.3. The Morgan fingerprint density at radius 1 is 1.28 bits per heavy atom. The molecule has 3 amide bonds. The number of hydrogen-bond donors (Lipinski definition) is 2. The van der Waals surface area contributed by atoms with Crippen LogP contribution in [0.25, 0.3) is 0 Å². The quantitative estimate of drug-likeness (QED) is 0.875. The number of carbonyl (C=O) groups is 2. The highest BCUT2D eigenvalue weighted by Gasteiger charge is 2.17. The minimum atomic E-state index is -0.333. The van der Waals surface area contributed by atoms with Crippen LogP contribution in [0.5, 0.6) is 0 Å². The van der Waals surface area contributed by atoms with Gasteiger partial charge in [-0.05, 0) is 44.5 Å². The third-order valence-electron chi connectivity index (χ3n) is 4.17. The average Bonchev–Trinajstić information content (AvgIpc) is 2.98. The van der Waals surface area contributed by atoms with Gasteiger partial charge in [0, 0.05) is 37.6 Å². The van der Waals surface area contributed by atoms with E-state index in [0.717, 1.165) is 11.3 Å². The lowest BCUT2D eigenvalue weighted by Crippen LogP contribution is -2.33. The molecule has 0 unspecified atom stereocenters. The molecule has 1 aromatic heterocycles. The average molecular weight is 343 g/mol. The minimum absolute atomic E-state index is 0.0635. The van der Waals surface area contributed by atoms with Crippen LogP contribution in [0.15, 0.2) is 30.5 Å². The van der Waals surface area contributed by atoms with Gasteiger partial charge in [0.25, 0.3) is 5.91 Å². The van der Waals surface area contributed by atoms with E-state index in [1.807, 2.05) is 40.0 Å². The van der Waals surface area contributed by atoms with Crippen molar-refractivity contribution in [3.63, 3.8) is 0 Å². The Hall–Kier alpha value is -2.83. The normalized spacial score (nSPS) is 10.6. The predicted octanol–water partition coefficient (Wildman–Crippen LogP) is 2.53. The largest absolute Gasteiger partial charge is 0.339 e. The van der Waals surface area contributed by atoms with Crippen molar-refractivity contribution in [2.24, 2.45) is 7.05 Å². The number of rotatable bonds is 5. The fraction of sp³-hybridized carbons (Fsp3) is 0.389. The molecule has 0 aliphatic heterocycles. The van der Waals surface area contributed by atoms with Crippen LogP contribution in [0.1, 0.15) is 35.5 Å². The first-order chi connectivity index (χ1) is 11.8. The molecule has 0 radical (unpaired) electrons. The number of urea groups is 1. The number of benzene rings is 1. The zero-order chi connectivity index (χ0) is 18.6. The standard InChI is InChI=1S/C18H25N5O2/c1-12(2)22(4)17(24)16-10-14(7-6-13(16)3)21-18(25)19-11-15-8-9-20-23(15)5/h6-10,12H,11H2,1-5H3,(H2,19,21,25). The van der Waals surface area contributed by atoms with Crippen LogP contribution < -0.4 is 10.6 Å². The van der Waals surface area contributed by atoms with Crippen molar-refractivity contribution in [3.8, 4) is 0 Å². The van der Waals surface area contributed by atoms with Gasteiger partial charge in [-0.3, -0.25) is 9.48 Å². The Kier molecular flexibility index (Phi) is 5.80. The summed E-state index contributed by atoms with van der Waals surface area (Å²) in [6.45, 7) is 6.17. The van der Waals surface area contributed by atoms with Crippen molar-refractivity contribution in [1.29, 1.82) is 0 Å². The van der Waals surface area contributed by atoms with Crippen LogP contribution in [0.4, 0.5) is 10.5 Å². The van der Waals surface area contributed by atoms with E-state index in [1.54, 1.807) is 35.0 Å². The first-order valence-electron chi connectivity index (χ1n) is 8.19. The zero-order valence-electron chi connectivity index (χ0n) is 15.3. The van der Waals surface area contributed by atoms with E-state index in [2.05, 4.69) is 15.7 Å². The molecule has 0 saturated heterocycles. The molecule has 0 atom stereocenters. The Morgan fingerprint density at radius 3 is 2.60 bits per heavy atom. The first kappa shape index (κ1) is 18.5. The van der Waals surface area contributed by atoms with Gasteiger partial charge in [-0.25, -0.2) is 4.79 Å². The highest BCUT2D eigenvalue weighted by Crippen LogP contribution is 2.18. The molecule has 1 aromatic carbocycles. The summed E-state index contributed by atoms with van der Waals surface area (Å²) in [7, 11) is 3.59. The van der Waals surface area contributed by atoms with Crippen molar-refractivity contribution in [2.45, 2.75) is 33.4 Å². The number of nitrogens with one attached hydrogen (secondary N) is 2. The molecule has 0 saturated carbocycles. The number of carbonyl (C=O) groups excluding carboxylic acids is 2. The van der Waals surface area contributed by atoms with Crippen LogP contribution in [0.3, 0.4) is 0 Å². The molecule has 2 N–H and O–H groups in total. The molecule has 0 aliphatic rings. The Labute approximate surface area is 148 Å². The highest BCUT2D eigenvalue weighted by molar-refractivity contribution is 5.98. The number of amides is 3. The molecule has 1 heterocycles. The van der Waals surface area contributed by atoms with Crippen molar-refractivity contribution < 1.29 is 9.59 Å². The van der Waals surface area contributed by atoms with E-state index in [-0.39, 0.29) is 18.0 Å². The summed E-state index contributed by atoms with van der Waals surface area (Å²) < 4.78 is 1.70. The van der Waals surface area contributed by atoms with Crippen molar-refractivity contribution in [1.82, 2.24) is 20.0 Å². The van der Waals surface area contributed by atoms with Crippen molar-refractivity contribution in [2.75, 3.05) is 12.4 Å². The smallest absolute Gasteiger partial charge is 0.319 e. The van der Waals surface area contributed by atoms with Crippen LogP contribution >= 0.6 is 0 Å². The van der Waals surface area contributed by atoms with Gasteiger partial charge in [-0.1, -0.05) is 6.07 Å². The third kappa shape index (κ3) is 4.59. The number of anilines is 1. The predicted molar refractivity (Wildman–Crippen MR) is 97.5 cm³/mol. The van der Waals surface area contributed by atoms with E-state index in [0.29, 0.717) is 17.8 Å². The maximum absolute atomic E-state index is 12.6. The second-order valence-electron chi connectivity index (χ2n) is 6.29. The van der Waals surface area contributed by atoms with Gasteiger partial charge in [0.1, 0.15) is 0 Å². The fourth-order valence-corrected chi connectivity index (χ4v) is 2.28. The van der Waals surface area contributed by atoms with E-state index >= 15 is 0 Å². The number of nitrogens with zero attached hydrogens (tertiary/aromatic N) is 3. The van der Waals surface area contributed by atoms with Crippen LogP contribution in [0, 0.1) is 6.92 Å². The van der Waals surface area contributed by atoms with Crippen LogP contribution in [-0.2, 0) is 13.6 Å². The van der Waals surface area contributed by atoms with E-state index in [4.69, 9.17) is 0 Å². The van der Waals surface area contributed by atoms with Gasteiger partial charge in [0.15, 0.2) is 0 Å². The molecule has 0 bridgehead atoms. The lowest BCUT2D eigenvalue weighted by molar-refractivity contribution is 0.0754. The Bertz CT molecular complexity index is 767. The minimum Gasteiger partial charge on any atom is -0.339 e. The summed E-state index contributed by atoms with van der Waals surface area (Å²) in [6, 6.07) is 6.93. The zero-order valence-corrected chi connectivity index (χ0v) is 15.3. The van der Waals surface area contributed by atoms with E-state index in [1.165, 1.54) is 0 Å². The van der Waals surface area contributed by atoms with Crippen molar-refractivity contribution >= 4 is 17.6 Å². The van der Waals surface area contributed by atoms with Gasteiger partial charge in [-0.15, -0.1) is 0 Å². The Balaban J connectivity index is 2.05. The Morgan fingerprint density at radius 2 is 2.00 bits per heavy atom. The summed E-state index contributed by atoms with van der Waals surface area (Å²) in [5.41, 5.74) is 2.93. The summed E-state index contributed by atoms with van der Waals surface area (Å²) >= 11 is 0. The summed E-state index contributed by atoms with van der Waals surface area (Å²) in [5.74, 6) is -0.0635. The number of hydrogen-bond acceptors (Lipinski definition) is 3. The molecule has 134 valence electrons. The van der Waals surface area contributed by atoms with Gasteiger partial charge in [0.2, 0.25) is 0 Å². The number of aryl methyl sites for hydroxylation is 2. The molecule has 0 fully saturated rings. The molecule has 0 spiro atoms. The first-order valence-corrected chi connectivity index (χ1v) is 8.19. The summed E-state index contributed by atoms with van der Waals surface area (Å²) in [6.07, 6.45) is 1.68. The van der Waals surface area contributed by atoms with Gasteiger partial charge < -0.3 is 15.5 Å². The molecule has 2 aromatic rings. The molecular formula is C18H25N5O2. The van der Waals surface area contributed by atoms with Crippen LogP contribution in [-0.4, -0.2) is 39.7 Å². The maximum atomic E-state index is 12.6. The van der Waals surface area contributed by atoms with Gasteiger partial charge in [-0.2, -0.15) is 5.10 Å². The van der Waals surface area contributed by atoms with Crippen molar-refractivity contribution in [3.05, 3.63) is 47.3 Å². The maximum Gasteiger partial charge on any atom is 0.319 e.